The van der Waals surface area contributed by atoms with Crippen LogP contribution >= 0.6 is 11.8 Å². The molecule has 1 saturated heterocycles. The predicted octanol–water partition coefficient (Wildman–Crippen LogP) is 5.35. The summed E-state index contributed by atoms with van der Waals surface area (Å²) in [5.41, 5.74) is 5.10. The van der Waals surface area contributed by atoms with Gasteiger partial charge in [0.1, 0.15) is 5.82 Å². The van der Waals surface area contributed by atoms with Crippen LogP contribution in [0.25, 0.3) is 0 Å². The topological polar surface area (TPSA) is 48.8 Å². The van der Waals surface area contributed by atoms with E-state index in [-0.39, 0.29) is 5.91 Å². The molecular formula is C26H26N4OS. The van der Waals surface area contributed by atoms with Crippen LogP contribution < -0.4 is 4.90 Å². The number of anilines is 1. The minimum atomic E-state index is 0.0734. The number of pyridine rings is 1. The molecule has 5 rings (SSSR count). The van der Waals surface area contributed by atoms with Crippen LogP contribution in [0.2, 0.25) is 0 Å². The second-order valence-corrected chi connectivity index (χ2v) is 9.25. The molecule has 3 heterocycles. The van der Waals surface area contributed by atoms with Crippen molar-refractivity contribution in [1.82, 2.24) is 9.88 Å². The number of carbonyl (C=O) groups excluding carboxylic acids is 1. The normalized spacial score (nSPS) is 15.5. The smallest absolute Gasteiger partial charge is 0.254 e. The van der Waals surface area contributed by atoms with E-state index >= 15 is 0 Å². The number of rotatable bonds is 3. The maximum absolute atomic E-state index is 13.3. The van der Waals surface area contributed by atoms with Gasteiger partial charge in [-0.05, 0) is 55.8 Å². The third-order valence-corrected chi connectivity index (χ3v) is 7.14. The SMILES string of the molecule is CCC1=Nc2cc(C(=O)N3CCN(c4ccccn4)CC3)ccc2Sc2ccc(C)cc21. The maximum atomic E-state index is 13.3. The van der Waals surface area contributed by atoms with Crippen molar-refractivity contribution in [2.45, 2.75) is 30.1 Å². The molecule has 162 valence electrons. The van der Waals surface area contributed by atoms with Gasteiger partial charge in [0.25, 0.3) is 5.91 Å². The summed E-state index contributed by atoms with van der Waals surface area (Å²) in [5.74, 6) is 1.04. The van der Waals surface area contributed by atoms with Crippen LogP contribution in [-0.4, -0.2) is 47.7 Å². The minimum absolute atomic E-state index is 0.0734. The summed E-state index contributed by atoms with van der Waals surface area (Å²) in [7, 11) is 0. The first kappa shape index (κ1) is 20.8. The molecule has 0 bridgehead atoms. The van der Waals surface area contributed by atoms with Gasteiger partial charge in [-0.2, -0.15) is 0 Å². The highest BCUT2D eigenvalue weighted by Crippen LogP contribution is 2.41. The number of nitrogens with zero attached hydrogens (tertiary/aromatic N) is 4. The summed E-state index contributed by atoms with van der Waals surface area (Å²) in [6.45, 7) is 7.20. The molecule has 5 nitrogen and oxygen atoms in total. The third kappa shape index (κ3) is 4.02. The van der Waals surface area contributed by atoms with E-state index in [2.05, 4.69) is 41.9 Å². The molecule has 1 amide bonds. The van der Waals surface area contributed by atoms with E-state index in [0.29, 0.717) is 18.7 Å². The minimum Gasteiger partial charge on any atom is -0.353 e. The van der Waals surface area contributed by atoms with Gasteiger partial charge in [0.05, 0.1) is 5.69 Å². The molecule has 2 aromatic carbocycles. The third-order valence-electron chi connectivity index (χ3n) is 6.00. The fourth-order valence-electron chi connectivity index (χ4n) is 4.24. The summed E-state index contributed by atoms with van der Waals surface area (Å²) >= 11 is 1.73. The van der Waals surface area contributed by atoms with Crippen LogP contribution in [0.15, 0.2) is 75.6 Å². The quantitative estimate of drug-likeness (QED) is 0.549. The van der Waals surface area contributed by atoms with Crippen LogP contribution in [0.5, 0.6) is 0 Å². The van der Waals surface area contributed by atoms with Crippen LogP contribution in [0.4, 0.5) is 11.5 Å². The first-order valence-corrected chi connectivity index (χ1v) is 11.9. The number of piperazine rings is 1. The van der Waals surface area contributed by atoms with Gasteiger partial charge < -0.3 is 9.80 Å². The molecule has 2 aliphatic heterocycles. The molecule has 6 heteroatoms. The van der Waals surface area contributed by atoms with Gasteiger partial charge >= 0.3 is 0 Å². The second-order valence-electron chi connectivity index (χ2n) is 8.16. The Morgan fingerprint density at radius 3 is 2.56 bits per heavy atom. The number of amides is 1. The Morgan fingerprint density at radius 1 is 1.00 bits per heavy atom. The zero-order valence-corrected chi connectivity index (χ0v) is 19.2. The van der Waals surface area contributed by atoms with Gasteiger partial charge in [-0.25, -0.2) is 4.98 Å². The van der Waals surface area contributed by atoms with E-state index in [0.717, 1.165) is 41.6 Å². The van der Waals surface area contributed by atoms with Gasteiger partial charge in [0.15, 0.2) is 0 Å². The Morgan fingerprint density at radius 2 is 1.81 bits per heavy atom. The number of aromatic nitrogens is 1. The van der Waals surface area contributed by atoms with E-state index in [9.17, 15) is 4.79 Å². The number of hydrogen-bond donors (Lipinski definition) is 0. The van der Waals surface area contributed by atoms with Crippen molar-refractivity contribution in [3.63, 3.8) is 0 Å². The summed E-state index contributed by atoms with van der Waals surface area (Å²) < 4.78 is 0. The summed E-state index contributed by atoms with van der Waals surface area (Å²) in [6.07, 6.45) is 2.66. The standard InChI is InChI=1S/C26H26N4OS/c1-3-21-20-16-18(2)7-9-23(20)32-24-10-8-19(17-22(24)28-21)26(31)30-14-12-29(13-15-30)25-6-4-5-11-27-25/h4-11,16-17H,3,12-15H2,1-2H3. The average Bonchev–Trinajstić information content (AvgIpc) is 3.00. The molecule has 1 aromatic heterocycles. The average molecular weight is 443 g/mol. The van der Waals surface area contributed by atoms with Crippen molar-refractivity contribution in [3.8, 4) is 0 Å². The lowest BCUT2D eigenvalue weighted by Crippen LogP contribution is -2.49. The summed E-state index contributed by atoms with van der Waals surface area (Å²) in [4.78, 5) is 29.2. The largest absolute Gasteiger partial charge is 0.353 e. The second kappa shape index (κ2) is 8.79. The lowest BCUT2D eigenvalue weighted by atomic mass is 10.0. The van der Waals surface area contributed by atoms with E-state index in [1.165, 1.54) is 16.0 Å². The van der Waals surface area contributed by atoms with Gasteiger partial charge in [-0.3, -0.25) is 9.79 Å². The van der Waals surface area contributed by atoms with E-state index < -0.39 is 0 Å². The highest BCUT2D eigenvalue weighted by Gasteiger charge is 2.24. The number of aryl methyl sites for hydroxylation is 1. The van der Waals surface area contributed by atoms with E-state index in [1.807, 2.05) is 47.5 Å². The van der Waals surface area contributed by atoms with Crippen LogP contribution in [0.3, 0.4) is 0 Å². The molecule has 0 radical (unpaired) electrons. The van der Waals surface area contributed by atoms with Crippen molar-refractivity contribution in [1.29, 1.82) is 0 Å². The zero-order valence-electron chi connectivity index (χ0n) is 18.4. The highest BCUT2D eigenvalue weighted by atomic mass is 32.2. The molecule has 32 heavy (non-hydrogen) atoms. The van der Waals surface area contributed by atoms with Crippen LogP contribution in [0.1, 0.15) is 34.8 Å². The number of aliphatic imine (C=N–C) groups is 1. The number of fused-ring (bicyclic) bond motifs is 2. The lowest BCUT2D eigenvalue weighted by molar-refractivity contribution is 0.0746. The van der Waals surface area contributed by atoms with Crippen molar-refractivity contribution in [3.05, 3.63) is 77.5 Å². The van der Waals surface area contributed by atoms with Gasteiger partial charge in [0, 0.05) is 59.0 Å². The number of hydrogen-bond acceptors (Lipinski definition) is 5. The molecule has 2 aliphatic rings. The lowest BCUT2D eigenvalue weighted by Gasteiger charge is -2.35. The Hall–Kier alpha value is -3.12. The van der Waals surface area contributed by atoms with E-state index in [4.69, 9.17) is 4.99 Å². The molecule has 0 saturated carbocycles. The Labute approximate surface area is 193 Å². The molecule has 0 N–H and O–H groups in total. The van der Waals surface area contributed by atoms with Crippen LogP contribution in [0, 0.1) is 6.92 Å². The molecule has 0 unspecified atom stereocenters. The monoisotopic (exact) mass is 442 g/mol. The van der Waals surface area contributed by atoms with Crippen molar-refractivity contribution >= 4 is 34.9 Å². The number of benzene rings is 2. The summed E-state index contributed by atoms with van der Waals surface area (Å²) in [5, 5.41) is 0. The maximum Gasteiger partial charge on any atom is 0.254 e. The summed E-state index contributed by atoms with van der Waals surface area (Å²) in [6, 6.07) is 18.4. The van der Waals surface area contributed by atoms with Gasteiger partial charge in [-0.1, -0.05) is 36.4 Å². The molecule has 1 fully saturated rings. The molecule has 3 aromatic rings. The first-order valence-electron chi connectivity index (χ1n) is 11.1. The Balaban J connectivity index is 1.37. The molecule has 0 atom stereocenters. The van der Waals surface area contributed by atoms with Crippen molar-refractivity contribution < 1.29 is 4.79 Å². The van der Waals surface area contributed by atoms with Gasteiger partial charge in [0.2, 0.25) is 0 Å². The number of carbonyl (C=O) groups is 1. The first-order chi connectivity index (χ1) is 15.6. The molecule has 0 aliphatic carbocycles. The highest BCUT2D eigenvalue weighted by molar-refractivity contribution is 7.99. The van der Waals surface area contributed by atoms with Crippen molar-refractivity contribution in [2.75, 3.05) is 31.1 Å². The molecular weight excluding hydrogens is 416 g/mol. The molecule has 0 spiro atoms. The van der Waals surface area contributed by atoms with Crippen molar-refractivity contribution in [2.24, 2.45) is 4.99 Å². The Kier molecular flexibility index (Phi) is 5.70. The van der Waals surface area contributed by atoms with E-state index in [1.54, 1.807) is 11.8 Å². The predicted molar refractivity (Wildman–Crippen MR) is 131 cm³/mol. The van der Waals surface area contributed by atoms with Crippen LogP contribution in [-0.2, 0) is 0 Å². The Bertz CT molecular complexity index is 1180. The fourth-order valence-corrected chi connectivity index (χ4v) is 5.24. The van der Waals surface area contributed by atoms with Gasteiger partial charge in [-0.15, -0.1) is 0 Å². The fraction of sp³-hybridized carbons (Fsp3) is 0.269. The zero-order chi connectivity index (χ0) is 22.1.